The van der Waals surface area contributed by atoms with Gasteiger partial charge in [0.1, 0.15) is 116 Å². The van der Waals surface area contributed by atoms with E-state index in [1.807, 2.05) is 0 Å². The maximum absolute atomic E-state index is 11.4. The number of hydrogen-bond acceptors (Lipinski definition) is 27. The lowest BCUT2D eigenvalue weighted by atomic mass is 9.94. The van der Waals surface area contributed by atoms with Gasteiger partial charge in [0, 0.05) is 13.5 Å². The topological polar surface area (TPSA) is 451 Å². The second-order valence-electron chi connectivity index (χ2n) is 15.7. The van der Waals surface area contributed by atoms with Gasteiger partial charge in [-0.15, -0.1) is 0 Å². The Bertz CT molecular complexity index is 1390. The Hall–Kier alpha value is -1.57. The second kappa shape index (κ2) is 23.4. The third kappa shape index (κ3) is 11.8. The minimum atomic E-state index is -2.05. The van der Waals surface area contributed by atoms with E-state index < -0.39 is 187 Å². The fourth-order valence-electron chi connectivity index (χ4n) is 7.72. The Labute approximate surface area is 358 Å². The van der Waals surface area contributed by atoms with Gasteiger partial charge in [-0.2, -0.15) is 0 Å². The number of ether oxygens (including phenoxy) is 10. The third-order valence-corrected chi connectivity index (χ3v) is 11.4. The third-order valence-electron chi connectivity index (χ3n) is 11.4. The van der Waals surface area contributed by atoms with Crippen molar-refractivity contribution in [2.45, 2.75) is 167 Å². The molecule has 0 aromatic carbocycles. The number of nitrogens with one attached hydrogen (secondary N) is 1. The van der Waals surface area contributed by atoms with Gasteiger partial charge in [0.05, 0.1) is 45.7 Å². The number of aliphatic hydroxyl groups is 15. The second-order valence-corrected chi connectivity index (χ2v) is 15.7. The highest BCUT2D eigenvalue weighted by molar-refractivity contribution is 5.72. The van der Waals surface area contributed by atoms with Crippen LogP contribution in [0.4, 0.5) is 0 Å². The molecule has 25 atom stereocenters. The Morgan fingerprint density at radius 3 is 1.32 bits per heavy atom. The van der Waals surface area contributed by atoms with Crippen LogP contribution < -0.4 is 11.1 Å². The van der Waals surface area contributed by atoms with Crippen molar-refractivity contribution in [3.63, 3.8) is 0 Å². The Kier molecular flexibility index (Phi) is 19.5. The zero-order chi connectivity index (χ0) is 46.4. The minimum absolute atomic E-state index is 0.0312. The van der Waals surface area contributed by atoms with Gasteiger partial charge >= 0.3 is 0 Å². The maximum Gasteiger partial charge on any atom is 0.216 e. The van der Waals surface area contributed by atoms with E-state index in [0.29, 0.717) is 6.42 Å². The average Bonchev–Trinajstić information content (AvgIpc) is 3.26. The lowest BCUT2D eigenvalue weighted by Crippen LogP contribution is -2.69. The molecule has 28 heteroatoms. The molecule has 28 nitrogen and oxygen atoms in total. The number of nitrogens with two attached hydrogens (primary N) is 1. The van der Waals surface area contributed by atoms with Crippen molar-refractivity contribution in [2.75, 3.05) is 46.2 Å². The summed E-state index contributed by atoms with van der Waals surface area (Å²) < 4.78 is 56.2. The highest BCUT2D eigenvalue weighted by atomic mass is 16.8. The van der Waals surface area contributed by atoms with Crippen LogP contribution in [0.3, 0.4) is 0 Å². The molecule has 18 N–H and O–H groups in total. The molecule has 0 saturated carbocycles. The van der Waals surface area contributed by atoms with Crippen molar-refractivity contribution in [1.82, 2.24) is 5.32 Å². The molecule has 5 aliphatic heterocycles. The molecular weight excluding hydrogens is 864 g/mol. The number of aliphatic hydroxyl groups excluding tert-OH is 15. The highest BCUT2D eigenvalue weighted by Gasteiger charge is 2.56. The Morgan fingerprint density at radius 2 is 0.841 bits per heavy atom. The molecule has 0 spiro atoms. The summed E-state index contributed by atoms with van der Waals surface area (Å²) in [5, 5.41) is 161. The predicted molar refractivity (Wildman–Crippen MR) is 196 cm³/mol. The summed E-state index contributed by atoms with van der Waals surface area (Å²) in [6.07, 6.45) is -42.2. The first-order valence-electron chi connectivity index (χ1n) is 20.3. The van der Waals surface area contributed by atoms with Crippen molar-refractivity contribution in [2.24, 2.45) is 5.73 Å². The molecule has 0 aromatic heterocycles. The zero-order valence-electron chi connectivity index (χ0n) is 33.9. The van der Waals surface area contributed by atoms with Crippen LogP contribution in [0.5, 0.6) is 0 Å². The molecular formula is C35H62N2O26. The van der Waals surface area contributed by atoms with E-state index in [4.69, 9.17) is 53.1 Å². The van der Waals surface area contributed by atoms with Crippen LogP contribution in [0.2, 0.25) is 0 Å². The molecule has 368 valence electrons. The smallest absolute Gasteiger partial charge is 0.216 e. The molecule has 5 heterocycles. The maximum atomic E-state index is 11.4. The van der Waals surface area contributed by atoms with E-state index in [0.717, 1.165) is 0 Å². The summed E-state index contributed by atoms with van der Waals surface area (Å²) in [7, 11) is 0. The summed E-state index contributed by atoms with van der Waals surface area (Å²) in [4.78, 5) is 11.1. The zero-order valence-corrected chi connectivity index (χ0v) is 33.9. The fraction of sp³-hybridized carbons (Fsp3) is 0.971. The lowest BCUT2D eigenvalue weighted by molar-refractivity contribution is -0.386. The van der Waals surface area contributed by atoms with Gasteiger partial charge in [0.15, 0.2) is 31.5 Å². The van der Waals surface area contributed by atoms with Gasteiger partial charge in [-0.3, -0.25) is 4.79 Å². The van der Waals surface area contributed by atoms with Crippen LogP contribution in [0, 0.1) is 0 Å². The largest absolute Gasteiger partial charge is 0.394 e. The van der Waals surface area contributed by atoms with Crippen LogP contribution >= 0.6 is 0 Å². The van der Waals surface area contributed by atoms with Crippen molar-refractivity contribution in [1.29, 1.82) is 0 Å². The molecule has 5 rings (SSSR count). The highest BCUT2D eigenvalue weighted by Crippen LogP contribution is 2.35. The minimum Gasteiger partial charge on any atom is -0.394 e. The number of carbonyl (C=O) groups is 1. The summed E-state index contributed by atoms with van der Waals surface area (Å²) in [6.45, 7) is -2.87. The van der Waals surface area contributed by atoms with Gasteiger partial charge in [-0.1, -0.05) is 0 Å². The number of carbonyl (C=O) groups excluding carboxylic acids is 1. The van der Waals surface area contributed by atoms with Crippen LogP contribution in [0.25, 0.3) is 0 Å². The summed E-state index contributed by atoms with van der Waals surface area (Å²) in [5.74, 6) is -0.272. The fourth-order valence-corrected chi connectivity index (χ4v) is 7.72. The van der Waals surface area contributed by atoms with E-state index in [-0.39, 0.29) is 19.1 Å². The van der Waals surface area contributed by atoms with Gasteiger partial charge < -0.3 is 135 Å². The monoisotopic (exact) mass is 926 g/mol. The van der Waals surface area contributed by atoms with Crippen LogP contribution in [-0.4, -0.2) is 282 Å². The molecule has 18 unspecified atom stereocenters. The Morgan fingerprint density at radius 1 is 0.460 bits per heavy atom. The number of hydrogen-bond donors (Lipinski definition) is 17. The number of rotatable bonds is 18. The van der Waals surface area contributed by atoms with E-state index in [1.54, 1.807) is 0 Å². The van der Waals surface area contributed by atoms with Crippen LogP contribution in [-0.2, 0) is 52.2 Å². The van der Waals surface area contributed by atoms with E-state index in [2.05, 4.69) is 5.32 Å². The molecule has 0 bridgehead atoms. The first kappa shape index (κ1) is 52.4. The molecule has 0 aliphatic carbocycles. The summed E-state index contributed by atoms with van der Waals surface area (Å²) in [5.41, 5.74) is 6.28. The van der Waals surface area contributed by atoms with Crippen molar-refractivity contribution in [3.8, 4) is 0 Å². The van der Waals surface area contributed by atoms with Gasteiger partial charge in [-0.05, 0) is 6.42 Å². The predicted octanol–water partition coefficient (Wildman–Crippen LogP) is -11.4. The van der Waals surface area contributed by atoms with E-state index in [9.17, 15) is 81.4 Å². The van der Waals surface area contributed by atoms with Gasteiger partial charge in [0.2, 0.25) is 5.91 Å². The van der Waals surface area contributed by atoms with E-state index >= 15 is 0 Å². The van der Waals surface area contributed by atoms with E-state index in [1.165, 1.54) is 6.92 Å². The van der Waals surface area contributed by atoms with Crippen LogP contribution in [0.15, 0.2) is 0 Å². The SMILES string of the molecule is CC(=O)NCCCOC1OC(CO)[C@@H](O[C@@H]2OC(CO)[C@H](O)C(O[C@@H]3OC(CO)[C@H](OC4OC(CO)[C@@H](O)C(OC5OC(CO)[C@@H](O)C(O)C5O)C4O)C(O)C3N)C2O)C(O)C1O. The Balaban J connectivity index is 1.25. The molecule has 5 aliphatic rings. The molecule has 0 radical (unpaired) electrons. The lowest BCUT2D eigenvalue weighted by Gasteiger charge is -2.50. The first-order valence-corrected chi connectivity index (χ1v) is 20.3. The van der Waals surface area contributed by atoms with Crippen molar-refractivity contribution in [3.05, 3.63) is 0 Å². The summed E-state index contributed by atoms with van der Waals surface area (Å²) in [6, 6.07) is -1.68. The summed E-state index contributed by atoms with van der Waals surface area (Å²) >= 11 is 0. The van der Waals surface area contributed by atoms with Gasteiger partial charge in [0.25, 0.3) is 0 Å². The van der Waals surface area contributed by atoms with Crippen molar-refractivity contribution < 1.29 is 129 Å². The van der Waals surface area contributed by atoms with Crippen molar-refractivity contribution >= 4 is 5.91 Å². The molecule has 63 heavy (non-hydrogen) atoms. The molecule has 0 aromatic rings. The normalized spacial score (nSPS) is 48.5. The standard InChI is InChI=1S/C35H62N2O26/c1-10(43)37-3-2-4-54-32-24(51)22(49)28(15(9-42)59-32)61-35-25(52)29(18(45)12(6-39)57-35)62-31-16(36)20(47)27(14(8-41)58-31)60-34-26(53)30(19(46)13(7-40)56-34)63-33-23(50)21(48)17(44)11(5-38)55-33/h11-35,38-42,44-53H,2-9,36H2,1H3,(H,37,43)/t11?,12?,13?,14?,15?,16?,17-,18+,19-,20?,21?,22?,23?,24?,25?,26?,27+,28-,29?,30?,31+,32?,33?,34?,35+/m1/s1. The molecule has 5 saturated heterocycles. The molecule has 5 fully saturated rings. The number of amides is 1. The van der Waals surface area contributed by atoms with Gasteiger partial charge in [-0.25, -0.2) is 0 Å². The van der Waals surface area contributed by atoms with Crippen LogP contribution in [0.1, 0.15) is 13.3 Å². The first-order chi connectivity index (χ1) is 29.9. The molecule has 1 amide bonds. The average molecular weight is 927 g/mol. The quantitative estimate of drug-likeness (QED) is 0.0568.